The Kier molecular flexibility index (Phi) is 3.53. The maximum absolute atomic E-state index is 12.8. The lowest BCUT2D eigenvalue weighted by Crippen LogP contribution is -2.09. The van der Waals surface area contributed by atoms with Crippen LogP contribution in [-0.2, 0) is 6.18 Å². The fourth-order valence-electron chi connectivity index (χ4n) is 1.57. The summed E-state index contributed by atoms with van der Waals surface area (Å²) in [5, 5.41) is 13.5. The van der Waals surface area contributed by atoms with E-state index in [9.17, 15) is 13.2 Å². The number of hydrogen-bond acceptors (Lipinski definition) is 3. The number of nitrogens with zero attached hydrogens (tertiary/aromatic N) is 3. The molecule has 0 saturated carbocycles. The third-order valence-electron chi connectivity index (χ3n) is 2.47. The van der Waals surface area contributed by atoms with Gasteiger partial charge in [-0.05, 0) is 30.5 Å². The van der Waals surface area contributed by atoms with Gasteiger partial charge in [0.25, 0.3) is 0 Å². The Bertz CT molecular complexity index is 640. The van der Waals surface area contributed by atoms with Crippen molar-refractivity contribution in [2.45, 2.75) is 11.2 Å². The highest BCUT2D eigenvalue weighted by Crippen LogP contribution is 2.33. The predicted octanol–water partition coefficient (Wildman–Crippen LogP) is 3.48. The molecule has 0 bridgehead atoms. The van der Waals surface area contributed by atoms with Crippen LogP contribution < -0.4 is 0 Å². The number of alkyl halides is 3. The number of nitriles is 1. The molecule has 0 radical (unpaired) electrons. The van der Waals surface area contributed by atoms with E-state index < -0.39 is 17.3 Å². The van der Waals surface area contributed by atoms with Crippen molar-refractivity contribution in [3.63, 3.8) is 0 Å². The molecule has 0 spiro atoms. The average molecular weight is 283 g/mol. The number of hydrogen-bond donors (Lipinski definition) is 0. The second kappa shape index (κ2) is 4.97. The lowest BCUT2D eigenvalue weighted by Gasteiger charge is -2.10. The lowest BCUT2D eigenvalue weighted by atomic mass is 10.1. The summed E-state index contributed by atoms with van der Waals surface area (Å²) in [5.74, 6) is 0. The van der Waals surface area contributed by atoms with Crippen molar-refractivity contribution >= 4 is 11.8 Å². The van der Waals surface area contributed by atoms with Crippen LogP contribution in [-0.4, -0.2) is 16.0 Å². The summed E-state index contributed by atoms with van der Waals surface area (Å²) in [5.41, 5.74) is -1.08. The highest BCUT2D eigenvalue weighted by molar-refractivity contribution is 7.98. The smallest absolute Gasteiger partial charge is 0.240 e. The van der Waals surface area contributed by atoms with Gasteiger partial charge < -0.3 is 0 Å². The van der Waals surface area contributed by atoms with Crippen LogP contribution in [0.2, 0.25) is 0 Å². The second-order valence-corrected chi connectivity index (χ2v) is 4.47. The Morgan fingerprint density at radius 1 is 1.32 bits per heavy atom. The van der Waals surface area contributed by atoms with Gasteiger partial charge in [0.2, 0.25) is 0 Å². The minimum absolute atomic E-state index is 0.270. The van der Waals surface area contributed by atoms with E-state index in [0.717, 1.165) is 12.1 Å². The fourth-order valence-corrected chi connectivity index (χ4v) is 1.93. The summed E-state index contributed by atoms with van der Waals surface area (Å²) >= 11 is 1.40. The third-order valence-corrected chi connectivity index (χ3v) is 3.10. The zero-order chi connectivity index (χ0) is 14.0. The van der Waals surface area contributed by atoms with E-state index in [2.05, 4.69) is 5.10 Å². The fraction of sp³-hybridized carbons (Fsp3) is 0.167. The summed E-state index contributed by atoms with van der Waals surface area (Å²) < 4.78 is 39.8. The third kappa shape index (κ3) is 2.74. The SMILES string of the molecule is CSc1ccn(-c2ccc(C#N)c(C(F)(F)F)c2)n1. The molecule has 0 N–H and O–H groups in total. The number of halogens is 3. The number of benzene rings is 1. The van der Waals surface area contributed by atoms with Crippen LogP contribution in [0.15, 0.2) is 35.5 Å². The van der Waals surface area contributed by atoms with Gasteiger partial charge in [-0.15, -0.1) is 11.8 Å². The zero-order valence-electron chi connectivity index (χ0n) is 9.77. The van der Waals surface area contributed by atoms with Gasteiger partial charge in [0.15, 0.2) is 0 Å². The quantitative estimate of drug-likeness (QED) is 0.792. The first-order chi connectivity index (χ1) is 8.95. The van der Waals surface area contributed by atoms with E-state index in [1.807, 2.05) is 6.26 Å². The van der Waals surface area contributed by atoms with Gasteiger partial charge in [-0.25, -0.2) is 4.68 Å². The predicted molar refractivity (Wildman–Crippen MR) is 65.1 cm³/mol. The first kappa shape index (κ1) is 13.5. The van der Waals surface area contributed by atoms with Crippen molar-refractivity contribution in [3.8, 4) is 11.8 Å². The number of thioether (sulfide) groups is 1. The van der Waals surface area contributed by atoms with E-state index in [1.54, 1.807) is 18.3 Å². The van der Waals surface area contributed by atoms with Gasteiger partial charge in [-0.1, -0.05) is 0 Å². The van der Waals surface area contributed by atoms with Gasteiger partial charge in [0.1, 0.15) is 5.03 Å². The van der Waals surface area contributed by atoms with E-state index in [4.69, 9.17) is 5.26 Å². The van der Waals surface area contributed by atoms with Gasteiger partial charge in [0, 0.05) is 6.20 Å². The molecule has 0 aliphatic carbocycles. The molecular weight excluding hydrogens is 275 g/mol. The molecular formula is C12H8F3N3S. The van der Waals surface area contributed by atoms with Crippen molar-refractivity contribution in [2.24, 2.45) is 0 Å². The highest BCUT2D eigenvalue weighted by atomic mass is 32.2. The van der Waals surface area contributed by atoms with Gasteiger partial charge >= 0.3 is 6.18 Å². The molecule has 98 valence electrons. The van der Waals surface area contributed by atoms with Gasteiger partial charge in [-0.3, -0.25) is 0 Å². The second-order valence-electron chi connectivity index (χ2n) is 3.64. The van der Waals surface area contributed by atoms with Crippen molar-refractivity contribution < 1.29 is 13.2 Å². The molecule has 0 fully saturated rings. The van der Waals surface area contributed by atoms with E-state index in [1.165, 1.54) is 22.5 Å². The standard InChI is InChI=1S/C12H8F3N3S/c1-19-11-4-5-18(17-11)9-3-2-8(7-16)10(6-9)12(13,14)15/h2-6H,1H3. The van der Waals surface area contributed by atoms with Crippen LogP contribution in [0.5, 0.6) is 0 Å². The van der Waals surface area contributed by atoms with Crippen LogP contribution in [0, 0.1) is 11.3 Å². The minimum Gasteiger partial charge on any atom is -0.240 e. The summed E-state index contributed by atoms with van der Waals surface area (Å²) in [4.78, 5) is 0. The molecule has 3 nitrogen and oxygen atoms in total. The molecule has 0 aliphatic rings. The van der Waals surface area contributed by atoms with Crippen molar-refractivity contribution in [3.05, 3.63) is 41.6 Å². The molecule has 19 heavy (non-hydrogen) atoms. The van der Waals surface area contributed by atoms with Gasteiger partial charge in [-0.2, -0.15) is 23.5 Å². The average Bonchev–Trinajstić information content (AvgIpc) is 2.85. The van der Waals surface area contributed by atoms with E-state index >= 15 is 0 Å². The summed E-state index contributed by atoms with van der Waals surface area (Å²) in [6.45, 7) is 0. The Morgan fingerprint density at radius 2 is 2.05 bits per heavy atom. The van der Waals surface area contributed by atoms with Crippen LogP contribution >= 0.6 is 11.8 Å². The van der Waals surface area contributed by atoms with Crippen LogP contribution in [0.1, 0.15) is 11.1 Å². The first-order valence-electron chi connectivity index (χ1n) is 5.17. The summed E-state index contributed by atoms with van der Waals surface area (Å²) in [6, 6.07) is 6.76. The van der Waals surface area contributed by atoms with Crippen LogP contribution in [0.4, 0.5) is 13.2 Å². The minimum atomic E-state index is -4.56. The van der Waals surface area contributed by atoms with Crippen molar-refractivity contribution in [1.82, 2.24) is 9.78 Å². The number of aromatic nitrogens is 2. The van der Waals surface area contributed by atoms with Crippen LogP contribution in [0.3, 0.4) is 0 Å². The summed E-state index contributed by atoms with van der Waals surface area (Å²) in [7, 11) is 0. The first-order valence-corrected chi connectivity index (χ1v) is 6.39. The van der Waals surface area contributed by atoms with Crippen molar-refractivity contribution in [1.29, 1.82) is 5.26 Å². The van der Waals surface area contributed by atoms with Gasteiger partial charge in [0.05, 0.1) is 22.9 Å². The molecule has 1 heterocycles. The zero-order valence-corrected chi connectivity index (χ0v) is 10.6. The Hall–Kier alpha value is -1.94. The molecule has 0 unspecified atom stereocenters. The maximum Gasteiger partial charge on any atom is 0.417 e. The van der Waals surface area contributed by atoms with E-state index in [0.29, 0.717) is 5.03 Å². The molecule has 2 rings (SSSR count). The van der Waals surface area contributed by atoms with E-state index in [-0.39, 0.29) is 5.69 Å². The molecule has 1 aromatic heterocycles. The number of rotatable bonds is 2. The molecule has 0 amide bonds. The molecule has 0 saturated heterocycles. The monoisotopic (exact) mass is 283 g/mol. The molecule has 2 aromatic rings. The topological polar surface area (TPSA) is 41.6 Å². The summed E-state index contributed by atoms with van der Waals surface area (Å²) in [6.07, 6.45) is -1.16. The Labute approximate surface area is 111 Å². The lowest BCUT2D eigenvalue weighted by molar-refractivity contribution is -0.137. The van der Waals surface area contributed by atoms with Crippen molar-refractivity contribution in [2.75, 3.05) is 6.26 Å². The maximum atomic E-state index is 12.8. The molecule has 1 aromatic carbocycles. The normalized spacial score (nSPS) is 11.3. The van der Waals surface area contributed by atoms with Crippen LogP contribution in [0.25, 0.3) is 5.69 Å². The Morgan fingerprint density at radius 3 is 2.58 bits per heavy atom. The molecule has 7 heteroatoms. The molecule has 0 aliphatic heterocycles. The Balaban J connectivity index is 2.52. The largest absolute Gasteiger partial charge is 0.417 e. The molecule has 0 atom stereocenters. The highest BCUT2D eigenvalue weighted by Gasteiger charge is 2.34.